The summed E-state index contributed by atoms with van der Waals surface area (Å²) in [4.78, 5) is 32.9. The summed E-state index contributed by atoms with van der Waals surface area (Å²) < 4.78 is 0. The summed E-state index contributed by atoms with van der Waals surface area (Å²) in [6.07, 6.45) is 4.85. The zero-order valence-corrected chi connectivity index (χ0v) is 17.9. The quantitative estimate of drug-likeness (QED) is 0.673. The van der Waals surface area contributed by atoms with Gasteiger partial charge >= 0.3 is 0 Å². The van der Waals surface area contributed by atoms with Crippen molar-refractivity contribution >= 4 is 23.2 Å². The maximum absolute atomic E-state index is 12.7. The Bertz CT molecular complexity index is 614. The van der Waals surface area contributed by atoms with E-state index in [2.05, 4.69) is 22.0 Å². The lowest BCUT2D eigenvalue weighted by molar-refractivity contribution is -0.126. The van der Waals surface area contributed by atoms with Crippen LogP contribution in [0.2, 0.25) is 0 Å². The van der Waals surface area contributed by atoms with E-state index in [1.165, 1.54) is 24.4 Å². The van der Waals surface area contributed by atoms with Crippen molar-refractivity contribution in [1.29, 1.82) is 0 Å². The van der Waals surface area contributed by atoms with Crippen LogP contribution < -0.4 is 5.32 Å². The molecule has 1 aromatic heterocycles. The van der Waals surface area contributed by atoms with Gasteiger partial charge in [-0.2, -0.15) is 0 Å². The van der Waals surface area contributed by atoms with Crippen LogP contribution in [0.3, 0.4) is 0 Å². The van der Waals surface area contributed by atoms with Crippen LogP contribution in [-0.2, 0) is 4.79 Å². The van der Waals surface area contributed by atoms with Crippen LogP contribution in [0, 0.1) is 0 Å². The van der Waals surface area contributed by atoms with Gasteiger partial charge in [0, 0.05) is 39.3 Å². The average molecular weight is 407 g/mol. The van der Waals surface area contributed by atoms with Crippen molar-refractivity contribution in [1.82, 2.24) is 20.0 Å². The second-order valence-electron chi connectivity index (χ2n) is 7.76. The summed E-state index contributed by atoms with van der Waals surface area (Å²) in [5, 5.41) is 4.99. The molecule has 2 aliphatic heterocycles. The predicted octanol–water partition coefficient (Wildman–Crippen LogP) is 2.28. The average Bonchev–Trinajstić information content (AvgIpc) is 3.28. The van der Waals surface area contributed by atoms with Crippen molar-refractivity contribution in [3.05, 3.63) is 22.4 Å². The smallest absolute Gasteiger partial charge is 0.264 e. The number of unbranched alkanes of at least 4 members (excludes halogenated alkanes) is 1. The Morgan fingerprint density at radius 2 is 1.89 bits per heavy atom. The predicted molar refractivity (Wildman–Crippen MR) is 114 cm³/mol. The molecular formula is C21H34N4O2S. The summed E-state index contributed by atoms with van der Waals surface area (Å²) in [5.74, 6) is 0.0160. The van der Waals surface area contributed by atoms with Gasteiger partial charge in [0.2, 0.25) is 5.91 Å². The third-order valence-electron chi connectivity index (χ3n) is 5.91. The molecule has 3 rings (SSSR count). The van der Waals surface area contributed by atoms with E-state index in [1.807, 2.05) is 17.5 Å². The van der Waals surface area contributed by atoms with E-state index in [0.29, 0.717) is 13.1 Å². The number of rotatable bonds is 8. The molecule has 1 atom stereocenters. The normalized spacial score (nSPS) is 21.6. The standard InChI is InChI=1S/C21H34N4O2S/c1-2-23-13-15-24(16-14-23)11-6-4-10-22-20(26)18-8-3-5-12-25(18)21(27)19-9-7-17-28-19/h7,9,17-18H,2-6,8,10-16H2,1H3,(H,22,26). The Labute approximate surface area is 172 Å². The highest BCUT2D eigenvalue weighted by molar-refractivity contribution is 7.12. The van der Waals surface area contributed by atoms with Crippen LogP contribution in [0.15, 0.2) is 17.5 Å². The van der Waals surface area contributed by atoms with E-state index >= 15 is 0 Å². The minimum absolute atomic E-state index is 0.000992. The number of nitrogens with one attached hydrogen (secondary N) is 1. The van der Waals surface area contributed by atoms with Gasteiger partial charge in [-0.15, -0.1) is 11.3 Å². The second-order valence-corrected chi connectivity index (χ2v) is 8.71. The zero-order chi connectivity index (χ0) is 19.8. The topological polar surface area (TPSA) is 55.9 Å². The Kier molecular flexibility index (Phi) is 8.30. The van der Waals surface area contributed by atoms with Gasteiger partial charge in [0.05, 0.1) is 4.88 Å². The molecule has 2 aliphatic rings. The third-order valence-corrected chi connectivity index (χ3v) is 6.77. The fourth-order valence-electron chi connectivity index (χ4n) is 4.11. The summed E-state index contributed by atoms with van der Waals surface area (Å²) in [6.45, 7) is 10.5. The van der Waals surface area contributed by atoms with Gasteiger partial charge in [0.1, 0.15) is 6.04 Å². The zero-order valence-electron chi connectivity index (χ0n) is 17.1. The first kappa shape index (κ1) is 21.3. The molecule has 0 saturated carbocycles. The first-order chi connectivity index (χ1) is 13.7. The van der Waals surface area contributed by atoms with Crippen LogP contribution >= 0.6 is 11.3 Å². The summed E-state index contributed by atoms with van der Waals surface area (Å²) >= 11 is 1.45. The second kappa shape index (κ2) is 10.9. The van der Waals surface area contributed by atoms with Gasteiger partial charge in [0.15, 0.2) is 0 Å². The molecule has 7 heteroatoms. The molecule has 156 valence electrons. The first-order valence-corrected chi connectivity index (χ1v) is 11.6. The Morgan fingerprint density at radius 1 is 1.11 bits per heavy atom. The molecule has 28 heavy (non-hydrogen) atoms. The van der Waals surface area contributed by atoms with E-state index in [-0.39, 0.29) is 17.9 Å². The van der Waals surface area contributed by atoms with Gasteiger partial charge in [-0.3, -0.25) is 9.59 Å². The highest BCUT2D eigenvalue weighted by Crippen LogP contribution is 2.22. The van der Waals surface area contributed by atoms with Crippen LogP contribution in [0.1, 0.15) is 48.7 Å². The number of piperazine rings is 1. The van der Waals surface area contributed by atoms with Crippen LogP contribution in [0.25, 0.3) is 0 Å². The maximum Gasteiger partial charge on any atom is 0.264 e. The fourth-order valence-corrected chi connectivity index (χ4v) is 4.79. The van der Waals surface area contributed by atoms with Crippen molar-refractivity contribution in [2.45, 2.75) is 45.1 Å². The highest BCUT2D eigenvalue weighted by Gasteiger charge is 2.32. The van der Waals surface area contributed by atoms with Crippen molar-refractivity contribution in [3.63, 3.8) is 0 Å². The van der Waals surface area contributed by atoms with Gasteiger partial charge in [-0.1, -0.05) is 13.0 Å². The molecule has 6 nitrogen and oxygen atoms in total. The summed E-state index contributed by atoms with van der Waals surface area (Å²) in [5.41, 5.74) is 0. The molecule has 2 fully saturated rings. The van der Waals surface area contributed by atoms with E-state index in [4.69, 9.17) is 0 Å². The van der Waals surface area contributed by atoms with Crippen molar-refractivity contribution in [2.24, 2.45) is 0 Å². The van der Waals surface area contributed by atoms with Crippen LogP contribution in [-0.4, -0.2) is 84.9 Å². The minimum Gasteiger partial charge on any atom is -0.354 e. The summed E-state index contributed by atoms with van der Waals surface area (Å²) in [6, 6.07) is 3.42. The number of amides is 2. The van der Waals surface area contributed by atoms with Crippen molar-refractivity contribution < 1.29 is 9.59 Å². The molecule has 0 radical (unpaired) electrons. The minimum atomic E-state index is -0.314. The molecule has 3 heterocycles. The Hall–Kier alpha value is -1.44. The highest BCUT2D eigenvalue weighted by atomic mass is 32.1. The van der Waals surface area contributed by atoms with Gasteiger partial charge in [0.25, 0.3) is 5.91 Å². The number of carbonyl (C=O) groups excluding carboxylic acids is 2. The number of piperidine rings is 1. The number of carbonyl (C=O) groups is 2. The molecule has 0 aromatic carbocycles. The van der Waals surface area contributed by atoms with Crippen LogP contribution in [0.5, 0.6) is 0 Å². The number of likely N-dealkylation sites (tertiary alicyclic amines) is 1. The third kappa shape index (κ3) is 5.78. The monoisotopic (exact) mass is 406 g/mol. The Morgan fingerprint density at radius 3 is 2.61 bits per heavy atom. The van der Waals surface area contributed by atoms with Gasteiger partial charge in [-0.25, -0.2) is 0 Å². The molecule has 1 N–H and O–H groups in total. The van der Waals surface area contributed by atoms with Gasteiger partial charge in [-0.05, 0) is 56.6 Å². The summed E-state index contributed by atoms with van der Waals surface area (Å²) in [7, 11) is 0. The maximum atomic E-state index is 12.7. The van der Waals surface area contributed by atoms with E-state index in [0.717, 1.165) is 63.2 Å². The lowest BCUT2D eigenvalue weighted by atomic mass is 10.0. The molecule has 1 aromatic rings. The van der Waals surface area contributed by atoms with Crippen molar-refractivity contribution in [3.8, 4) is 0 Å². The number of likely N-dealkylation sites (N-methyl/N-ethyl adjacent to an activating group) is 1. The molecule has 2 amide bonds. The lowest BCUT2D eigenvalue weighted by Gasteiger charge is -2.34. The van der Waals surface area contributed by atoms with E-state index in [1.54, 1.807) is 4.90 Å². The largest absolute Gasteiger partial charge is 0.354 e. The SMILES string of the molecule is CCN1CCN(CCCCNC(=O)C2CCCCN2C(=O)c2cccs2)CC1. The first-order valence-electron chi connectivity index (χ1n) is 10.8. The van der Waals surface area contributed by atoms with Crippen LogP contribution in [0.4, 0.5) is 0 Å². The number of thiophene rings is 1. The molecule has 2 saturated heterocycles. The molecular weight excluding hydrogens is 372 g/mol. The lowest BCUT2D eigenvalue weighted by Crippen LogP contribution is -2.52. The molecule has 0 aliphatic carbocycles. The molecule has 1 unspecified atom stereocenters. The fraction of sp³-hybridized carbons (Fsp3) is 0.714. The van der Waals surface area contributed by atoms with Gasteiger partial charge < -0.3 is 20.0 Å². The number of hydrogen-bond donors (Lipinski definition) is 1. The van der Waals surface area contributed by atoms with E-state index < -0.39 is 0 Å². The molecule has 0 spiro atoms. The number of nitrogens with zero attached hydrogens (tertiary/aromatic N) is 3. The number of hydrogen-bond acceptors (Lipinski definition) is 5. The Balaban J connectivity index is 1.37. The van der Waals surface area contributed by atoms with E-state index in [9.17, 15) is 9.59 Å². The van der Waals surface area contributed by atoms with Crippen molar-refractivity contribution in [2.75, 3.05) is 52.4 Å². The molecule has 0 bridgehead atoms.